The Morgan fingerprint density at radius 1 is 1.10 bits per heavy atom. The van der Waals surface area contributed by atoms with Gasteiger partial charge in [-0.15, -0.1) is 0 Å². The van der Waals surface area contributed by atoms with Gasteiger partial charge >= 0.3 is 11.9 Å². The molecule has 29 heavy (non-hydrogen) atoms. The van der Waals surface area contributed by atoms with E-state index in [9.17, 15) is 19.8 Å². The molecule has 0 aromatic carbocycles. The van der Waals surface area contributed by atoms with Crippen LogP contribution in [0.3, 0.4) is 0 Å². The number of rotatable bonds is 9. The molecule has 2 N–H and O–H groups in total. The molecule has 3 unspecified atom stereocenters. The lowest BCUT2D eigenvalue weighted by atomic mass is 9.57. The first-order chi connectivity index (χ1) is 12.8. The van der Waals surface area contributed by atoms with Crippen LogP contribution in [-0.2, 0) is 23.2 Å². The molecule has 0 rings (SSSR count). The fraction of sp³-hybridized carbons (Fsp3) is 0.789. The average Bonchev–Trinajstić information content (AvgIpc) is 2.59. The van der Waals surface area contributed by atoms with E-state index in [-0.39, 0.29) is 32.1 Å². The lowest BCUT2D eigenvalue weighted by Gasteiger charge is -2.62. The van der Waals surface area contributed by atoms with E-state index in [0.717, 1.165) is 0 Å². The smallest absolute Gasteiger partial charge is 0.354 e. The number of carbonyl (C=O) groups excluding carboxylic acids is 2. The predicted molar refractivity (Wildman–Crippen MR) is 123 cm³/mol. The highest BCUT2D eigenvalue weighted by Crippen LogP contribution is 2.61. The molecule has 0 bridgehead atoms. The number of ether oxygens (including phenoxy) is 1. The van der Waals surface area contributed by atoms with Gasteiger partial charge in [-0.2, -0.15) is 0 Å². The van der Waals surface area contributed by atoms with E-state index in [2.05, 4.69) is 33.1 Å². The van der Waals surface area contributed by atoms with Crippen molar-refractivity contribution in [2.75, 3.05) is 6.61 Å². The van der Waals surface area contributed by atoms with Crippen molar-refractivity contribution in [3.63, 3.8) is 0 Å². The summed E-state index contributed by atoms with van der Waals surface area (Å²) < 4.78 is 16.7. The zero-order chi connectivity index (χ0) is 23.6. The zero-order valence-electron chi connectivity index (χ0n) is 19.9. The maximum Gasteiger partial charge on any atom is 0.354 e. The van der Waals surface area contributed by atoms with Crippen LogP contribution in [0.25, 0.3) is 0 Å². The Kier molecular flexibility index (Phi) is 9.05. The molecule has 0 amide bonds. The van der Waals surface area contributed by atoms with Gasteiger partial charge in [-0.25, -0.2) is 9.59 Å². The molecule has 0 aromatic rings. The van der Waals surface area contributed by atoms with Gasteiger partial charge in [-0.1, -0.05) is 60.8 Å². The van der Waals surface area contributed by atoms with E-state index in [1.807, 2.05) is 27.7 Å². The molecule has 7 nitrogen and oxygen atoms in total. The molecule has 0 fully saturated rings. The number of hydrogen-bond acceptors (Lipinski definition) is 7. The van der Waals surface area contributed by atoms with Crippen LogP contribution < -0.4 is 0 Å². The highest BCUT2D eigenvalue weighted by molar-refractivity contribution is 6.77. The Labute approximate surface area is 182 Å². The van der Waals surface area contributed by atoms with Crippen molar-refractivity contribution in [1.29, 1.82) is 0 Å². The minimum absolute atomic E-state index is 0.00289. The third-order valence-electron chi connectivity index (χ3n) is 6.63. The van der Waals surface area contributed by atoms with E-state index in [4.69, 9.17) is 13.6 Å². The minimum atomic E-state index is -2.60. The first-order valence-corrected chi connectivity index (χ1v) is 14.9. The molecule has 0 aliphatic heterocycles. The topological polar surface area (TPSA) is 102 Å². The van der Waals surface area contributed by atoms with E-state index in [0.29, 0.717) is 0 Å². The van der Waals surface area contributed by atoms with Crippen LogP contribution >= 0.6 is 0 Å². The van der Waals surface area contributed by atoms with Crippen LogP contribution in [0.15, 0.2) is 12.2 Å². The second-order valence-corrected chi connectivity index (χ2v) is 16.5. The molecule has 0 aromatic heterocycles. The standard InChI is InChI=1S/C19H40O7Si3/c1-12(2)14(21)24-15(22)18(23,11-20)19(25-27,26-28)17(7,16(4,5)6)13(3)29(8,9)10/h13,20,23H,1,11H2,2-10,27-28H3. The van der Waals surface area contributed by atoms with Crippen molar-refractivity contribution in [2.24, 2.45) is 10.8 Å². The van der Waals surface area contributed by atoms with E-state index >= 15 is 0 Å². The van der Waals surface area contributed by atoms with Crippen LogP contribution in [0.1, 0.15) is 41.5 Å². The number of hydrogen-bond donors (Lipinski definition) is 2. The molecule has 0 spiro atoms. The summed E-state index contributed by atoms with van der Waals surface area (Å²) in [6.45, 7) is 20.3. The third-order valence-corrected chi connectivity index (χ3v) is 11.0. The minimum Gasteiger partial charge on any atom is -0.399 e. The molecule has 0 saturated carbocycles. The quantitative estimate of drug-likeness (QED) is 0.168. The van der Waals surface area contributed by atoms with Crippen LogP contribution in [0.5, 0.6) is 0 Å². The van der Waals surface area contributed by atoms with E-state index in [1.54, 1.807) is 0 Å². The first-order valence-electron chi connectivity index (χ1n) is 9.69. The van der Waals surface area contributed by atoms with Crippen molar-refractivity contribution >= 4 is 41.0 Å². The van der Waals surface area contributed by atoms with Crippen molar-refractivity contribution in [1.82, 2.24) is 0 Å². The Hall–Kier alpha value is -0.629. The van der Waals surface area contributed by atoms with Gasteiger partial charge in [0.05, 0.1) is 6.61 Å². The normalized spacial score (nSPS) is 20.2. The Balaban J connectivity index is 7.03. The second-order valence-electron chi connectivity index (χ2n) is 10.0. The lowest BCUT2D eigenvalue weighted by molar-refractivity contribution is -0.319. The summed E-state index contributed by atoms with van der Waals surface area (Å²) in [7, 11) is -1.66. The highest BCUT2D eigenvalue weighted by atomic mass is 28.3. The predicted octanol–water partition coefficient (Wildman–Crippen LogP) is 0.427. The highest BCUT2D eigenvalue weighted by Gasteiger charge is 2.71. The molecule has 3 atom stereocenters. The van der Waals surface area contributed by atoms with Gasteiger partial charge in [-0.3, -0.25) is 0 Å². The number of aliphatic hydroxyl groups excluding tert-OH is 1. The molecular weight excluding hydrogens is 424 g/mol. The van der Waals surface area contributed by atoms with Gasteiger partial charge in [-0.05, 0) is 17.9 Å². The number of esters is 2. The molecule has 170 valence electrons. The van der Waals surface area contributed by atoms with E-state index < -0.39 is 48.8 Å². The SMILES string of the molecule is C=C(C)C(=O)OC(=O)C(O)(CO)C(O[SiH3])(O[SiH3])C(C)(C(C)[Si](C)(C)C)C(C)(C)C. The van der Waals surface area contributed by atoms with Crippen LogP contribution in [0, 0.1) is 10.8 Å². The summed E-state index contributed by atoms with van der Waals surface area (Å²) in [6, 6.07) is 0. The van der Waals surface area contributed by atoms with Crippen molar-refractivity contribution in [3.05, 3.63) is 12.2 Å². The van der Waals surface area contributed by atoms with Crippen LogP contribution in [0.2, 0.25) is 25.2 Å². The lowest BCUT2D eigenvalue weighted by Crippen LogP contribution is -2.75. The molecule has 0 aliphatic carbocycles. The van der Waals surface area contributed by atoms with Gasteiger partial charge in [0.15, 0.2) is 5.79 Å². The van der Waals surface area contributed by atoms with Gasteiger partial charge in [0, 0.05) is 19.1 Å². The largest absolute Gasteiger partial charge is 0.399 e. The molecule has 0 aliphatic rings. The second kappa shape index (κ2) is 9.25. The van der Waals surface area contributed by atoms with Crippen LogP contribution in [-0.4, -0.2) is 69.2 Å². The summed E-state index contributed by atoms with van der Waals surface area (Å²) >= 11 is 0. The Bertz CT molecular complexity index is 635. The van der Waals surface area contributed by atoms with Crippen LogP contribution in [0.4, 0.5) is 0 Å². The van der Waals surface area contributed by atoms with Gasteiger partial charge in [0.2, 0.25) is 5.60 Å². The molecule has 0 radical (unpaired) electrons. The molecule has 0 saturated heterocycles. The van der Waals surface area contributed by atoms with Gasteiger partial charge < -0.3 is 23.8 Å². The molecular formula is C19H40O7Si3. The number of carbonyl (C=O) groups is 2. The molecule has 0 heterocycles. The maximum atomic E-state index is 13.0. The van der Waals surface area contributed by atoms with Crippen molar-refractivity contribution in [3.8, 4) is 0 Å². The molecule has 10 heteroatoms. The third kappa shape index (κ3) is 4.68. The summed E-state index contributed by atoms with van der Waals surface area (Å²) in [5.41, 5.74) is -4.05. The maximum absolute atomic E-state index is 13.0. The average molecular weight is 465 g/mol. The first kappa shape index (κ1) is 28.4. The van der Waals surface area contributed by atoms with Crippen molar-refractivity contribution in [2.45, 2.75) is 78.1 Å². The Morgan fingerprint density at radius 2 is 1.52 bits per heavy atom. The summed E-state index contributed by atoms with van der Waals surface area (Å²) in [6.07, 6.45) is 0. The summed E-state index contributed by atoms with van der Waals surface area (Å²) in [4.78, 5) is 25.0. The Morgan fingerprint density at radius 3 is 1.76 bits per heavy atom. The fourth-order valence-corrected chi connectivity index (χ4v) is 8.67. The van der Waals surface area contributed by atoms with Crippen molar-refractivity contribution < 1.29 is 33.4 Å². The number of aliphatic hydroxyl groups is 2. The van der Waals surface area contributed by atoms with Gasteiger partial charge in [0.25, 0.3) is 0 Å². The monoisotopic (exact) mass is 464 g/mol. The zero-order valence-corrected chi connectivity index (χ0v) is 24.9. The summed E-state index contributed by atoms with van der Waals surface area (Å²) in [5.74, 6) is -4.18. The van der Waals surface area contributed by atoms with E-state index in [1.165, 1.54) is 6.92 Å². The van der Waals surface area contributed by atoms with Gasteiger partial charge in [0.1, 0.15) is 21.0 Å². The summed E-state index contributed by atoms with van der Waals surface area (Å²) in [5, 5.41) is 21.8. The fourth-order valence-electron chi connectivity index (χ4n) is 4.13.